The van der Waals surface area contributed by atoms with Crippen LogP contribution in [-0.2, 0) is 4.57 Å². The summed E-state index contributed by atoms with van der Waals surface area (Å²) in [5.74, 6) is 0.392. The first-order valence-electron chi connectivity index (χ1n) is 2.80. The summed E-state index contributed by atoms with van der Waals surface area (Å²) in [7, 11) is -1.90. The molecule has 0 aliphatic carbocycles. The van der Waals surface area contributed by atoms with Gasteiger partial charge in [0.05, 0.1) is 0 Å². The Hall–Kier alpha value is 0.0600. The van der Waals surface area contributed by atoms with E-state index in [4.69, 9.17) is 4.89 Å². The van der Waals surface area contributed by atoms with Gasteiger partial charge in [0, 0.05) is 5.92 Å². The molecular weight excluding hydrogens is 123 g/mol. The normalized spacial score (nSPS) is 15.6. The lowest BCUT2D eigenvalue weighted by Crippen LogP contribution is -1.93. The molecule has 0 aromatic heterocycles. The van der Waals surface area contributed by atoms with Crippen molar-refractivity contribution in [2.75, 3.05) is 6.16 Å². The van der Waals surface area contributed by atoms with E-state index in [1.807, 2.05) is 13.8 Å². The Labute approximate surface area is 50.8 Å². The van der Waals surface area contributed by atoms with Crippen LogP contribution >= 0.6 is 8.03 Å². The lowest BCUT2D eigenvalue weighted by Gasteiger charge is -1.94. The summed E-state index contributed by atoms with van der Waals surface area (Å²) in [4.78, 5) is 8.36. The van der Waals surface area contributed by atoms with E-state index in [1.54, 1.807) is 0 Å². The van der Waals surface area contributed by atoms with Gasteiger partial charge >= 0.3 is 8.03 Å². The van der Waals surface area contributed by atoms with Crippen LogP contribution in [0.15, 0.2) is 0 Å². The van der Waals surface area contributed by atoms with Gasteiger partial charge in [-0.25, -0.2) is 0 Å². The highest BCUT2D eigenvalue weighted by molar-refractivity contribution is 7.37. The standard InChI is InChI=1S/C5H11O2P/c1-3-5(2)4-8(6)7/h5H,3-4H2,1-2H3/p+1. The van der Waals surface area contributed by atoms with E-state index >= 15 is 0 Å². The highest BCUT2D eigenvalue weighted by Gasteiger charge is 2.14. The Morgan fingerprint density at radius 2 is 2.25 bits per heavy atom. The second-order valence-electron chi connectivity index (χ2n) is 2.05. The smallest absolute Gasteiger partial charge is 0.161 e. The molecule has 0 heterocycles. The zero-order valence-corrected chi connectivity index (χ0v) is 6.19. The van der Waals surface area contributed by atoms with Crippen LogP contribution in [0.3, 0.4) is 0 Å². The van der Waals surface area contributed by atoms with Crippen molar-refractivity contribution in [2.24, 2.45) is 5.92 Å². The van der Waals surface area contributed by atoms with Crippen LogP contribution in [0, 0.1) is 5.92 Å². The molecule has 0 aromatic rings. The molecule has 0 rings (SSSR count). The predicted octanol–water partition coefficient (Wildman–Crippen LogP) is 1.77. The van der Waals surface area contributed by atoms with Gasteiger partial charge in [0.15, 0.2) is 6.16 Å². The molecule has 8 heavy (non-hydrogen) atoms. The van der Waals surface area contributed by atoms with Crippen LogP contribution in [0.5, 0.6) is 0 Å². The summed E-state index contributed by atoms with van der Waals surface area (Å²) in [5.41, 5.74) is 0. The topological polar surface area (TPSA) is 37.3 Å². The molecule has 2 nitrogen and oxygen atoms in total. The maximum absolute atomic E-state index is 10.1. The molecular formula is C5H12O2P+. The van der Waals surface area contributed by atoms with Crippen molar-refractivity contribution in [1.82, 2.24) is 0 Å². The minimum atomic E-state index is -1.90. The maximum atomic E-state index is 10.1. The van der Waals surface area contributed by atoms with Crippen LogP contribution in [-0.4, -0.2) is 11.1 Å². The summed E-state index contributed by atoms with van der Waals surface area (Å²) >= 11 is 0. The first kappa shape index (κ1) is 8.06. The molecule has 0 aliphatic rings. The quantitative estimate of drug-likeness (QED) is 0.599. The monoisotopic (exact) mass is 135 g/mol. The van der Waals surface area contributed by atoms with Crippen LogP contribution in [0.2, 0.25) is 0 Å². The molecule has 0 saturated carbocycles. The number of hydrogen-bond donors (Lipinski definition) is 1. The Balaban J connectivity index is 3.24. The van der Waals surface area contributed by atoms with E-state index < -0.39 is 8.03 Å². The van der Waals surface area contributed by atoms with Gasteiger partial charge in [-0.3, -0.25) is 0 Å². The summed E-state index contributed by atoms with van der Waals surface area (Å²) < 4.78 is 10.1. The molecule has 0 aliphatic heterocycles. The van der Waals surface area contributed by atoms with Crippen molar-refractivity contribution in [3.63, 3.8) is 0 Å². The average Bonchev–Trinajstić information content (AvgIpc) is 1.65. The van der Waals surface area contributed by atoms with Crippen LogP contribution < -0.4 is 0 Å². The van der Waals surface area contributed by atoms with Crippen molar-refractivity contribution in [1.29, 1.82) is 0 Å². The predicted molar refractivity (Wildman–Crippen MR) is 34.1 cm³/mol. The fraction of sp³-hybridized carbons (Fsp3) is 1.00. The van der Waals surface area contributed by atoms with Gasteiger partial charge in [0.1, 0.15) is 0 Å². The van der Waals surface area contributed by atoms with Gasteiger partial charge in [-0.1, -0.05) is 13.8 Å². The molecule has 0 saturated heterocycles. The van der Waals surface area contributed by atoms with Crippen molar-refractivity contribution >= 4 is 8.03 Å². The summed E-state index contributed by atoms with van der Waals surface area (Å²) in [6.45, 7) is 3.99. The van der Waals surface area contributed by atoms with Gasteiger partial charge in [-0.05, 0) is 11.0 Å². The molecule has 0 radical (unpaired) electrons. The van der Waals surface area contributed by atoms with E-state index in [9.17, 15) is 4.57 Å². The molecule has 3 heteroatoms. The third-order valence-electron chi connectivity index (χ3n) is 1.16. The van der Waals surface area contributed by atoms with E-state index in [0.717, 1.165) is 6.42 Å². The SMILES string of the molecule is CCC(C)C[P+](=O)O. The Kier molecular flexibility index (Phi) is 4.02. The number of rotatable bonds is 3. The summed E-state index contributed by atoms with van der Waals surface area (Å²) in [6.07, 6.45) is 1.44. The average molecular weight is 135 g/mol. The minimum Gasteiger partial charge on any atom is -0.161 e. The zero-order chi connectivity index (χ0) is 6.57. The fourth-order valence-corrected chi connectivity index (χ4v) is 1.19. The van der Waals surface area contributed by atoms with E-state index in [0.29, 0.717) is 12.1 Å². The molecule has 2 atom stereocenters. The number of hydrogen-bond acceptors (Lipinski definition) is 1. The Bertz CT molecular complexity index is 82.5. The molecule has 0 bridgehead atoms. The van der Waals surface area contributed by atoms with E-state index in [2.05, 4.69) is 0 Å². The molecule has 1 N–H and O–H groups in total. The van der Waals surface area contributed by atoms with Gasteiger partial charge in [-0.2, -0.15) is 4.89 Å². The van der Waals surface area contributed by atoms with Crippen molar-refractivity contribution < 1.29 is 9.46 Å². The van der Waals surface area contributed by atoms with E-state index in [-0.39, 0.29) is 0 Å². The van der Waals surface area contributed by atoms with Gasteiger partial charge in [0.25, 0.3) is 0 Å². The summed E-state index contributed by atoms with van der Waals surface area (Å²) in [6, 6.07) is 0. The lowest BCUT2D eigenvalue weighted by atomic mass is 10.2. The highest BCUT2D eigenvalue weighted by atomic mass is 31.1. The lowest BCUT2D eigenvalue weighted by molar-refractivity contribution is 0.487. The first-order chi connectivity index (χ1) is 3.66. The van der Waals surface area contributed by atoms with Crippen LogP contribution in [0.25, 0.3) is 0 Å². The molecule has 0 spiro atoms. The largest absolute Gasteiger partial charge is 0.505 e. The fourth-order valence-electron chi connectivity index (χ4n) is 0.396. The minimum absolute atomic E-state index is 0.392. The third-order valence-corrected chi connectivity index (χ3v) is 2.10. The summed E-state index contributed by atoms with van der Waals surface area (Å²) in [5, 5.41) is 0. The highest BCUT2D eigenvalue weighted by Crippen LogP contribution is 2.19. The first-order valence-corrected chi connectivity index (χ1v) is 4.20. The van der Waals surface area contributed by atoms with Gasteiger partial charge in [-0.15, -0.1) is 0 Å². The van der Waals surface area contributed by atoms with Crippen LogP contribution in [0.1, 0.15) is 20.3 Å². The molecule has 0 fully saturated rings. The second kappa shape index (κ2) is 3.99. The molecule has 0 amide bonds. The van der Waals surface area contributed by atoms with Crippen molar-refractivity contribution in [3.8, 4) is 0 Å². The molecule has 2 unspecified atom stereocenters. The maximum Gasteiger partial charge on any atom is 0.505 e. The van der Waals surface area contributed by atoms with Gasteiger partial charge < -0.3 is 0 Å². The second-order valence-corrected chi connectivity index (χ2v) is 3.12. The Morgan fingerprint density at radius 1 is 1.75 bits per heavy atom. The van der Waals surface area contributed by atoms with Crippen LogP contribution in [0.4, 0.5) is 0 Å². The van der Waals surface area contributed by atoms with Crippen molar-refractivity contribution in [2.45, 2.75) is 20.3 Å². The zero-order valence-electron chi connectivity index (χ0n) is 5.29. The third kappa shape index (κ3) is 4.23. The van der Waals surface area contributed by atoms with Crippen molar-refractivity contribution in [3.05, 3.63) is 0 Å². The van der Waals surface area contributed by atoms with Gasteiger partial charge in [0.2, 0.25) is 0 Å². The molecule has 0 aromatic carbocycles. The Morgan fingerprint density at radius 3 is 2.38 bits per heavy atom. The van der Waals surface area contributed by atoms with E-state index in [1.165, 1.54) is 0 Å². The molecule has 48 valence electrons.